The van der Waals surface area contributed by atoms with E-state index in [0.717, 1.165) is 11.3 Å². The molecule has 1 aromatic heterocycles. The minimum Gasteiger partial charge on any atom is -0.327 e. The minimum atomic E-state index is -0.465. The number of H-pyrrole nitrogens is 1. The van der Waals surface area contributed by atoms with Gasteiger partial charge in [0, 0.05) is 17.4 Å². The smallest absolute Gasteiger partial charge is 0.229 e. The zero-order chi connectivity index (χ0) is 17.6. The number of carbonyl (C=O) groups is 2. The summed E-state index contributed by atoms with van der Waals surface area (Å²) < 4.78 is 0. The first kappa shape index (κ1) is 17.5. The van der Waals surface area contributed by atoms with Crippen molar-refractivity contribution in [2.45, 2.75) is 67.0 Å². The van der Waals surface area contributed by atoms with Crippen LogP contribution in [0.1, 0.15) is 66.1 Å². The fraction of sp³-hybridized carbons (Fsp3) is 0.706. The van der Waals surface area contributed by atoms with Crippen molar-refractivity contribution >= 4 is 17.6 Å². The monoisotopic (exact) mass is 320 g/mol. The molecule has 23 heavy (non-hydrogen) atoms. The van der Waals surface area contributed by atoms with Gasteiger partial charge in [-0.05, 0) is 19.8 Å². The topological polar surface area (TPSA) is 78.1 Å². The van der Waals surface area contributed by atoms with Crippen molar-refractivity contribution in [1.29, 1.82) is 0 Å². The number of hydrogen-bond acceptors (Lipinski definition) is 3. The Labute approximate surface area is 138 Å². The average molecular weight is 320 g/mol. The molecule has 1 aromatic rings. The van der Waals surface area contributed by atoms with Gasteiger partial charge in [-0.1, -0.05) is 34.6 Å². The van der Waals surface area contributed by atoms with Gasteiger partial charge in [-0.15, -0.1) is 0 Å². The van der Waals surface area contributed by atoms with Crippen LogP contribution in [-0.2, 0) is 21.7 Å². The van der Waals surface area contributed by atoms with Gasteiger partial charge in [0.15, 0.2) is 5.82 Å². The number of fused-ring (bicyclic) bond motifs is 1. The first-order chi connectivity index (χ1) is 10.4. The molecule has 2 amide bonds. The second-order valence-electron chi connectivity index (χ2n) is 8.27. The molecule has 2 N–H and O–H groups in total. The third kappa shape index (κ3) is 3.26. The van der Waals surface area contributed by atoms with Gasteiger partial charge in [0.2, 0.25) is 11.8 Å². The van der Waals surface area contributed by atoms with Crippen LogP contribution in [0.5, 0.6) is 0 Å². The number of aromatic nitrogens is 2. The van der Waals surface area contributed by atoms with Crippen molar-refractivity contribution in [2.24, 2.45) is 11.3 Å². The Morgan fingerprint density at radius 3 is 2.48 bits per heavy atom. The van der Waals surface area contributed by atoms with Crippen molar-refractivity contribution in [3.63, 3.8) is 0 Å². The van der Waals surface area contributed by atoms with Crippen LogP contribution in [0, 0.1) is 11.3 Å². The molecule has 0 saturated heterocycles. The summed E-state index contributed by atoms with van der Waals surface area (Å²) in [5.41, 5.74) is 0.891. The summed E-state index contributed by atoms with van der Waals surface area (Å²) in [7, 11) is 0. The van der Waals surface area contributed by atoms with Crippen molar-refractivity contribution in [3.05, 3.63) is 11.3 Å². The summed E-state index contributed by atoms with van der Waals surface area (Å²) in [6, 6.07) is 0. The maximum Gasteiger partial charge on any atom is 0.229 e. The molecule has 6 heteroatoms. The normalized spacial score (nSPS) is 16.6. The van der Waals surface area contributed by atoms with E-state index in [-0.39, 0.29) is 17.7 Å². The van der Waals surface area contributed by atoms with Crippen molar-refractivity contribution in [1.82, 2.24) is 15.1 Å². The lowest BCUT2D eigenvalue weighted by atomic mass is 9.92. The third-order valence-corrected chi connectivity index (χ3v) is 4.21. The van der Waals surface area contributed by atoms with Gasteiger partial charge >= 0.3 is 0 Å². The molecule has 0 radical (unpaired) electrons. The maximum absolute atomic E-state index is 12.7. The predicted octanol–water partition coefficient (Wildman–Crippen LogP) is 3.02. The molecule has 2 rings (SSSR count). The molecule has 0 spiro atoms. The number of amides is 2. The van der Waals surface area contributed by atoms with Crippen LogP contribution in [0.2, 0.25) is 0 Å². The summed E-state index contributed by atoms with van der Waals surface area (Å²) in [5.74, 6) is 0.875. The van der Waals surface area contributed by atoms with Crippen molar-refractivity contribution in [3.8, 4) is 0 Å². The fourth-order valence-electron chi connectivity index (χ4n) is 2.90. The number of anilines is 1. The summed E-state index contributed by atoms with van der Waals surface area (Å²) in [6.45, 7) is 14.2. The highest BCUT2D eigenvalue weighted by molar-refractivity contribution is 5.91. The van der Waals surface area contributed by atoms with Gasteiger partial charge in [0.1, 0.15) is 0 Å². The highest BCUT2D eigenvalue weighted by atomic mass is 16.2. The third-order valence-electron chi connectivity index (χ3n) is 4.21. The van der Waals surface area contributed by atoms with Crippen LogP contribution in [0.4, 0.5) is 5.82 Å². The lowest BCUT2D eigenvalue weighted by molar-refractivity contribution is -0.145. The zero-order valence-electron chi connectivity index (χ0n) is 15.2. The van der Waals surface area contributed by atoms with Gasteiger partial charge in [-0.3, -0.25) is 14.7 Å². The molecule has 1 aliphatic heterocycles. The summed E-state index contributed by atoms with van der Waals surface area (Å²) in [4.78, 5) is 26.6. The standard InChI is InChI=1S/C17H28N4O2/c1-10(2)8-12(22)18-14-11-9-21(15(23)16(3,4)5)17(6,7)13(11)19-20-14/h10H,8-9H2,1-7H3,(H2,18,19,20,22). The van der Waals surface area contributed by atoms with Crippen LogP contribution >= 0.6 is 0 Å². The molecule has 128 valence electrons. The van der Waals surface area contributed by atoms with Crippen LogP contribution in [0.25, 0.3) is 0 Å². The van der Waals surface area contributed by atoms with E-state index in [1.54, 1.807) is 0 Å². The van der Waals surface area contributed by atoms with E-state index in [1.165, 1.54) is 0 Å². The van der Waals surface area contributed by atoms with Crippen LogP contribution in [0.3, 0.4) is 0 Å². The molecule has 1 aliphatic rings. The molecule has 0 saturated carbocycles. The molecule has 0 bridgehead atoms. The van der Waals surface area contributed by atoms with Gasteiger partial charge in [0.05, 0.1) is 17.8 Å². The summed E-state index contributed by atoms with van der Waals surface area (Å²) >= 11 is 0. The Hall–Kier alpha value is -1.85. The highest BCUT2D eigenvalue weighted by Crippen LogP contribution is 2.42. The first-order valence-corrected chi connectivity index (χ1v) is 8.14. The van der Waals surface area contributed by atoms with E-state index in [2.05, 4.69) is 15.5 Å². The fourth-order valence-corrected chi connectivity index (χ4v) is 2.90. The van der Waals surface area contributed by atoms with Gasteiger partial charge < -0.3 is 10.2 Å². The average Bonchev–Trinajstić information content (AvgIpc) is 2.86. The molecule has 2 heterocycles. The number of hydrogen-bond donors (Lipinski definition) is 2. The van der Waals surface area contributed by atoms with Crippen molar-refractivity contribution < 1.29 is 9.59 Å². The van der Waals surface area contributed by atoms with Crippen molar-refractivity contribution in [2.75, 3.05) is 5.32 Å². The van der Waals surface area contributed by atoms with E-state index < -0.39 is 11.0 Å². The number of carbonyl (C=O) groups excluding carboxylic acids is 2. The lowest BCUT2D eigenvalue weighted by Crippen LogP contribution is -2.46. The molecule has 0 unspecified atom stereocenters. The molecule has 0 atom stereocenters. The molecule has 6 nitrogen and oxygen atoms in total. The number of rotatable bonds is 3. The largest absolute Gasteiger partial charge is 0.327 e. The van der Waals surface area contributed by atoms with E-state index in [0.29, 0.717) is 18.8 Å². The maximum atomic E-state index is 12.7. The Bertz CT molecular complexity index is 623. The Morgan fingerprint density at radius 1 is 1.35 bits per heavy atom. The second-order valence-corrected chi connectivity index (χ2v) is 8.27. The molecule has 0 aliphatic carbocycles. The quantitative estimate of drug-likeness (QED) is 0.898. The number of nitrogens with zero attached hydrogens (tertiary/aromatic N) is 2. The lowest BCUT2D eigenvalue weighted by Gasteiger charge is -2.36. The van der Waals surface area contributed by atoms with Gasteiger partial charge in [-0.25, -0.2) is 0 Å². The molecule has 0 fully saturated rings. The first-order valence-electron chi connectivity index (χ1n) is 8.14. The Balaban J connectivity index is 2.26. The Kier molecular flexibility index (Phi) is 4.30. The summed E-state index contributed by atoms with van der Waals surface area (Å²) in [6.07, 6.45) is 0.454. The molecular formula is C17H28N4O2. The minimum absolute atomic E-state index is 0.0484. The van der Waals surface area contributed by atoms with E-state index in [4.69, 9.17) is 0 Å². The Morgan fingerprint density at radius 2 is 1.96 bits per heavy atom. The van der Waals surface area contributed by atoms with Crippen LogP contribution in [0.15, 0.2) is 0 Å². The molecular weight excluding hydrogens is 292 g/mol. The van der Waals surface area contributed by atoms with Crippen LogP contribution < -0.4 is 5.32 Å². The predicted molar refractivity (Wildman–Crippen MR) is 89.7 cm³/mol. The van der Waals surface area contributed by atoms with Gasteiger partial charge in [-0.2, -0.15) is 5.10 Å². The van der Waals surface area contributed by atoms with Crippen LogP contribution in [-0.4, -0.2) is 26.9 Å². The second kappa shape index (κ2) is 5.65. The van der Waals surface area contributed by atoms with Gasteiger partial charge in [0.25, 0.3) is 0 Å². The molecule has 0 aromatic carbocycles. The highest BCUT2D eigenvalue weighted by Gasteiger charge is 2.46. The number of aromatic amines is 1. The summed E-state index contributed by atoms with van der Waals surface area (Å²) in [5, 5.41) is 10.1. The zero-order valence-corrected chi connectivity index (χ0v) is 15.2. The van der Waals surface area contributed by atoms with E-state index in [9.17, 15) is 9.59 Å². The van der Waals surface area contributed by atoms with E-state index >= 15 is 0 Å². The SMILES string of the molecule is CC(C)CC(=O)Nc1n[nH]c2c1CN(C(=O)C(C)(C)C)C2(C)C. The number of nitrogens with one attached hydrogen (secondary N) is 2. The van der Waals surface area contributed by atoms with E-state index in [1.807, 2.05) is 53.4 Å².